The number of alkyl halides is 2. The molecule has 0 saturated carbocycles. The highest BCUT2D eigenvalue weighted by Gasteiger charge is 2.37. The molecule has 14 heteroatoms. The molecule has 2 aliphatic heterocycles. The van der Waals surface area contributed by atoms with E-state index >= 15 is 0 Å². The van der Waals surface area contributed by atoms with Gasteiger partial charge in [-0.25, -0.2) is 22.9 Å². The van der Waals surface area contributed by atoms with E-state index in [1.54, 1.807) is 30.9 Å². The first-order valence-electron chi connectivity index (χ1n) is 13.1. The summed E-state index contributed by atoms with van der Waals surface area (Å²) >= 11 is 6.43. The number of rotatable bonds is 11. The Kier molecular flexibility index (Phi) is 9.72. The Bertz CT molecular complexity index is 1350. The van der Waals surface area contributed by atoms with Gasteiger partial charge in [-0.15, -0.1) is 0 Å². The van der Waals surface area contributed by atoms with E-state index in [4.69, 9.17) is 31.2 Å². The van der Waals surface area contributed by atoms with Crippen LogP contribution >= 0.6 is 11.6 Å². The molecule has 2 aromatic rings. The summed E-state index contributed by atoms with van der Waals surface area (Å²) in [5.41, 5.74) is 1.01. The number of aromatic nitrogens is 2. The molecular formula is C27H31ClF3N5O5. The highest BCUT2D eigenvalue weighted by molar-refractivity contribution is 6.31. The molecule has 1 aromatic carbocycles. The maximum absolute atomic E-state index is 14.0. The van der Waals surface area contributed by atoms with Crippen LogP contribution in [-0.4, -0.2) is 82.2 Å². The Labute approximate surface area is 239 Å². The molecule has 2 aliphatic rings. The van der Waals surface area contributed by atoms with E-state index in [1.165, 1.54) is 12.1 Å². The van der Waals surface area contributed by atoms with Gasteiger partial charge >= 0.3 is 11.9 Å². The third-order valence-corrected chi connectivity index (χ3v) is 7.09. The van der Waals surface area contributed by atoms with Crippen molar-refractivity contribution in [3.63, 3.8) is 0 Å². The molecule has 0 aliphatic carbocycles. The lowest BCUT2D eigenvalue weighted by Crippen LogP contribution is -2.47. The number of carbonyl (C=O) groups excluding carboxylic acids is 1. The minimum Gasteiger partial charge on any atom is -0.481 e. The molecule has 0 bridgehead atoms. The molecule has 10 nitrogen and oxygen atoms in total. The minimum absolute atomic E-state index is 0.0399. The van der Waals surface area contributed by atoms with E-state index in [2.05, 4.69) is 10.3 Å². The van der Waals surface area contributed by atoms with Gasteiger partial charge in [0.15, 0.2) is 11.7 Å². The van der Waals surface area contributed by atoms with Crippen LogP contribution in [0.2, 0.25) is 5.02 Å². The van der Waals surface area contributed by atoms with E-state index in [0.717, 1.165) is 6.07 Å². The van der Waals surface area contributed by atoms with Gasteiger partial charge < -0.3 is 24.5 Å². The maximum Gasteiger partial charge on any atom is 0.338 e. The number of aryl methyl sites for hydroxylation is 1. The largest absolute Gasteiger partial charge is 0.481 e. The van der Waals surface area contributed by atoms with Crippen LogP contribution < -0.4 is 5.32 Å². The molecule has 2 atom stereocenters. The van der Waals surface area contributed by atoms with Crippen molar-refractivity contribution in [2.45, 2.75) is 44.3 Å². The van der Waals surface area contributed by atoms with Crippen molar-refractivity contribution in [2.24, 2.45) is 12.0 Å². The van der Waals surface area contributed by atoms with Gasteiger partial charge in [-0.1, -0.05) is 17.7 Å². The summed E-state index contributed by atoms with van der Waals surface area (Å²) in [4.78, 5) is 35.1. The van der Waals surface area contributed by atoms with E-state index in [1.807, 2.05) is 4.90 Å². The van der Waals surface area contributed by atoms with Crippen LogP contribution in [0.4, 0.5) is 13.2 Å². The highest BCUT2D eigenvalue weighted by Crippen LogP contribution is 2.37. The second-order valence-electron chi connectivity index (χ2n) is 9.84. The molecule has 4 rings (SSSR count). The number of carbonyl (C=O) groups is 2. The van der Waals surface area contributed by atoms with Crippen molar-refractivity contribution < 1.29 is 37.3 Å². The third kappa shape index (κ3) is 7.66. The number of ether oxygens (including phenoxy) is 2. The first-order valence-corrected chi connectivity index (χ1v) is 13.5. The molecular weight excluding hydrogens is 567 g/mol. The van der Waals surface area contributed by atoms with Crippen LogP contribution in [0.5, 0.6) is 0 Å². The SMILES string of the molecule is CCOC(=O)C1=C(CN2CCO[C@H](CCC(F)(F)CC(=O)O)C2)NC(c2nccn2C)=N[C@H]1c1ccc(F)cc1Cl. The number of halogens is 4. The van der Waals surface area contributed by atoms with Crippen molar-refractivity contribution in [3.05, 3.63) is 64.1 Å². The van der Waals surface area contributed by atoms with Gasteiger partial charge in [0.1, 0.15) is 18.3 Å². The topological polar surface area (TPSA) is 118 Å². The van der Waals surface area contributed by atoms with Gasteiger partial charge in [-0.05, 0) is 25.5 Å². The normalized spacial score (nSPS) is 20.0. The number of aliphatic imine (C=N–C) groups is 1. The summed E-state index contributed by atoms with van der Waals surface area (Å²) in [5.74, 6) is -5.27. The number of hydrogen-bond acceptors (Lipinski definition) is 8. The molecule has 41 heavy (non-hydrogen) atoms. The summed E-state index contributed by atoms with van der Waals surface area (Å²) in [7, 11) is 1.78. The Morgan fingerprint density at radius 3 is 2.78 bits per heavy atom. The molecule has 0 unspecified atom stereocenters. The molecule has 3 heterocycles. The fourth-order valence-corrected chi connectivity index (χ4v) is 5.10. The number of esters is 1. The molecule has 1 aromatic heterocycles. The summed E-state index contributed by atoms with van der Waals surface area (Å²) < 4.78 is 54.7. The lowest BCUT2D eigenvalue weighted by atomic mass is 9.95. The van der Waals surface area contributed by atoms with Crippen molar-refractivity contribution in [2.75, 3.05) is 32.8 Å². The second kappa shape index (κ2) is 13.0. The summed E-state index contributed by atoms with van der Waals surface area (Å²) in [6, 6.07) is 2.89. The fourth-order valence-electron chi connectivity index (χ4n) is 4.83. The number of morpholine rings is 1. The highest BCUT2D eigenvalue weighted by atomic mass is 35.5. The van der Waals surface area contributed by atoms with Crippen molar-refractivity contribution >= 4 is 29.4 Å². The number of nitrogens with one attached hydrogen (secondary N) is 1. The van der Waals surface area contributed by atoms with Crippen LogP contribution in [0, 0.1) is 5.82 Å². The summed E-state index contributed by atoms with van der Waals surface area (Å²) in [6.45, 7) is 2.91. The van der Waals surface area contributed by atoms with Gasteiger partial charge in [0.2, 0.25) is 0 Å². The van der Waals surface area contributed by atoms with Gasteiger partial charge in [0.05, 0.1) is 24.9 Å². The van der Waals surface area contributed by atoms with E-state index < -0.39 is 48.7 Å². The number of hydrogen-bond donors (Lipinski definition) is 2. The third-order valence-electron chi connectivity index (χ3n) is 6.76. The predicted molar refractivity (Wildman–Crippen MR) is 143 cm³/mol. The van der Waals surface area contributed by atoms with Crippen LogP contribution in [0.15, 0.2) is 46.9 Å². The van der Waals surface area contributed by atoms with Crippen LogP contribution in [0.25, 0.3) is 0 Å². The van der Waals surface area contributed by atoms with Gasteiger partial charge in [0.25, 0.3) is 5.92 Å². The number of aliphatic carboxylic acids is 1. The molecule has 222 valence electrons. The van der Waals surface area contributed by atoms with Crippen molar-refractivity contribution in [1.29, 1.82) is 0 Å². The van der Waals surface area contributed by atoms with Gasteiger partial charge in [-0.3, -0.25) is 14.7 Å². The van der Waals surface area contributed by atoms with E-state index in [-0.39, 0.29) is 43.3 Å². The molecule has 1 fully saturated rings. The average Bonchev–Trinajstić information content (AvgIpc) is 3.32. The van der Waals surface area contributed by atoms with Gasteiger partial charge in [-0.2, -0.15) is 0 Å². The number of imidazole rings is 1. The van der Waals surface area contributed by atoms with Gasteiger partial charge in [0, 0.05) is 61.8 Å². The first kappa shape index (κ1) is 30.5. The standard InChI is InChI=1S/C27H31ClF3N5O5/c1-3-40-26(39)22-20(15-36-10-11-41-17(14-36)6-7-27(30,31)13-21(37)38)33-24(25-32-8-9-35(25)2)34-23(22)18-5-4-16(29)12-19(18)28/h4-5,8-9,12,17,23H,3,6-7,10-11,13-15H2,1-2H3,(H,33,34)(H,37,38)/t17-,23+/m1/s1. The molecule has 0 radical (unpaired) electrons. The number of nitrogens with zero attached hydrogens (tertiary/aromatic N) is 4. The predicted octanol–water partition coefficient (Wildman–Crippen LogP) is 3.71. The van der Waals surface area contributed by atoms with E-state index in [0.29, 0.717) is 29.5 Å². The average molecular weight is 598 g/mol. The monoisotopic (exact) mass is 597 g/mol. The van der Waals surface area contributed by atoms with Crippen LogP contribution in [-0.2, 0) is 26.1 Å². The molecule has 0 amide bonds. The number of amidine groups is 1. The van der Waals surface area contributed by atoms with Crippen molar-refractivity contribution in [1.82, 2.24) is 19.8 Å². The Morgan fingerprint density at radius 2 is 2.12 bits per heavy atom. The summed E-state index contributed by atoms with van der Waals surface area (Å²) in [6.07, 6.45) is 0.845. The number of carboxylic acids is 1. The zero-order valence-electron chi connectivity index (χ0n) is 22.6. The molecule has 0 spiro atoms. The maximum atomic E-state index is 14.0. The molecule has 2 N–H and O–H groups in total. The van der Waals surface area contributed by atoms with E-state index in [9.17, 15) is 22.8 Å². The number of benzene rings is 1. The second-order valence-corrected chi connectivity index (χ2v) is 10.2. The Hall–Kier alpha value is -3.42. The number of carboxylic acid groups (broad SMARTS) is 1. The van der Waals surface area contributed by atoms with Crippen molar-refractivity contribution in [3.8, 4) is 0 Å². The Balaban J connectivity index is 1.66. The van der Waals surface area contributed by atoms with Crippen LogP contribution in [0.1, 0.15) is 43.6 Å². The lowest BCUT2D eigenvalue weighted by Gasteiger charge is -2.36. The van der Waals surface area contributed by atoms with Crippen LogP contribution in [0.3, 0.4) is 0 Å². The lowest BCUT2D eigenvalue weighted by molar-refractivity contribution is -0.146. The Morgan fingerprint density at radius 1 is 1.34 bits per heavy atom. The quantitative estimate of drug-likeness (QED) is 0.377. The minimum atomic E-state index is -3.35. The zero-order valence-corrected chi connectivity index (χ0v) is 23.3. The zero-order chi connectivity index (χ0) is 29.7. The smallest absolute Gasteiger partial charge is 0.338 e. The molecule has 1 saturated heterocycles. The first-order chi connectivity index (χ1) is 19.5. The fraction of sp³-hybridized carbons (Fsp3) is 0.481. The summed E-state index contributed by atoms with van der Waals surface area (Å²) in [5, 5.41) is 12.0.